The number of para-hydroxylation sites is 1. The largest absolute Gasteiger partial charge is 1.00 e. The Kier molecular flexibility index (Phi) is 7.86. The van der Waals surface area contributed by atoms with Gasteiger partial charge in [0, 0.05) is 37.4 Å². The minimum Gasteiger partial charge on any atom is -0.549 e. The Labute approximate surface area is 180 Å². The summed E-state index contributed by atoms with van der Waals surface area (Å²) in [5.41, 5.74) is 1.92. The molecule has 0 aliphatic carbocycles. The summed E-state index contributed by atoms with van der Waals surface area (Å²) >= 11 is 0. The van der Waals surface area contributed by atoms with Crippen LogP contribution in [0, 0.1) is 0 Å². The van der Waals surface area contributed by atoms with Gasteiger partial charge in [-0.15, -0.1) is 0 Å². The van der Waals surface area contributed by atoms with Crippen molar-refractivity contribution >= 4 is 17.6 Å². The molecule has 0 fully saturated rings. The molecule has 0 spiro atoms. The van der Waals surface area contributed by atoms with Gasteiger partial charge in [0.25, 0.3) is 0 Å². The molecule has 0 bridgehead atoms. The molecule has 0 saturated heterocycles. The van der Waals surface area contributed by atoms with Gasteiger partial charge >= 0.3 is 29.6 Å². The van der Waals surface area contributed by atoms with Crippen molar-refractivity contribution in [2.75, 3.05) is 19.0 Å². The number of carboxylic acid groups (broad SMARTS) is 1. The molecule has 1 amide bonds. The maximum absolute atomic E-state index is 12.4. The zero-order valence-corrected chi connectivity index (χ0v) is 17.4. The van der Waals surface area contributed by atoms with Crippen LogP contribution in [0.15, 0.2) is 48.5 Å². The summed E-state index contributed by atoms with van der Waals surface area (Å²) in [4.78, 5) is 23.9. The van der Waals surface area contributed by atoms with E-state index in [-0.39, 0.29) is 42.1 Å². The van der Waals surface area contributed by atoms with Crippen LogP contribution in [-0.4, -0.2) is 25.6 Å². The number of hydrogen-bond acceptors (Lipinski definition) is 5. The van der Waals surface area contributed by atoms with Gasteiger partial charge in [0.2, 0.25) is 5.91 Å². The van der Waals surface area contributed by atoms with E-state index in [0.29, 0.717) is 23.6 Å². The second kappa shape index (κ2) is 9.90. The van der Waals surface area contributed by atoms with Crippen molar-refractivity contribution in [3.63, 3.8) is 0 Å². The molecule has 1 heterocycles. The van der Waals surface area contributed by atoms with Crippen LogP contribution >= 0.6 is 0 Å². The molecule has 2 unspecified atom stereocenters. The van der Waals surface area contributed by atoms with E-state index in [1.807, 2.05) is 12.1 Å². The maximum Gasteiger partial charge on any atom is 1.00 e. The van der Waals surface area contributed by atoms with Crippen LogP contribution in [0.2, 0.25) is 0 Å². The van der Waals surface area contributed by atoms with Crippen LogP contribution in [0.3, 0.4) is 0 Å². The fraction of sp³-hybridized carbons (Fsp3) is 0.300. The summed E-state index contributed by atoms with van der Waals surface area (Å²) in [6.07, 6.45) is 0.432. The van der Waals surface area contributed by atoms with E-state index in [1.165, 1.54) is 0 Å². The summed E-state index contributed by atoms with van der Waals surface area (Å²) in [5, 5.41) is 14.2. The third kappa shape index (κ3) is 5.11. The number of rotatable bonds is 6. The molecule has 1 aliphatic rings. The first-order chi connectivity index (χ1) is 12.6. The van der Waals surface area contributed by atoms with E-state index < -0.39 is 17.8 Å². The van der Waals surface area contributed by atoms with Crippen LogP contribution in [-0.2, 0) is 14.3 Å². The molecule has 1 N–H and O–H groups in total. The second-order valence-electron chi connectivity index (χ2n) is 6.12. The zero-order valence-electron chi connectivity index (χ0n) is 15.4. The minimum atomic E-state index is -1.28. The molecule has 0 saturated carbocycles. The van der Waals surface area contributed by atoms with Crippen molar-refractivity contribution in [2.24, 2.45) is 0 Å². The third-order valence-electron chi connectivity index (χ3n) is 4.45. The van der Waals surface area contributed by atoms with Gasteiger partial charge in [0.15, 0.2) is 0 Å². The predicted octanol–water partition coefficient (Wildman–Crippen LogP) is -0.977. The summed E-state index contributed by atoms with van der Waals surface area (Å²) < 4.78 is 11.2. The first-order valence-corrected chi connectivity index (χ1v) is 8.44. The standard InChI is InChI=1S/C20H21NO5.Na/c1-25-17-10-11-26-19-14(17)8-5-9-16(19)21-18(22)12-15(20(23)24)13-6-3-2-4-7-13;/h2-9,15,17H,10-12H2,1H3,(H,21,22)(H,23,24);/q;+1/p-1. The summed E-state index contributed by atoms with van der Waals surface area (Å²) in [6, 6.07) is 14.0. The second-order valence-corrected chi connectivity index (χ2v) is 6.12. The Morgan fingerprint density at radius 3 is 2.63 bits per heavy atom. The van der Waals surface area contributed by atoms with Crippen LogP contribution in [0.1, 0.15) is 36.0 Å². The number of carboxylic acids is 1. The number of carbonyl (C=O) groups is 2. The number of benzene rings is 2. The molecule has 1 aliphatic heterocycles. The quantitative estimate of drug-likeness (QED) is 0.654. The molecule has 3 rings (SSSR count). The van der Waals surface area contributed by atoms with Crippen molar-refractivity contribution in [2.45, 2.75) is 24.9 Å². The van der Waals surface area contributed by atoms with Gasteiger partial charge in [-0.05, 0) is 11.6 Å². The van der Waals surface area contributed by atoms with Crippen molar-refractivity contribution in [1.82, 2.24) is 0 Å². The van der Waals surface area contributed by atoms with Crippen LogP contribution in [0.4, 0.5) is 5.69 Å². The molecule has 2 aromatic carbocycles. The summed E-state index contributed by atoms with van der Waals surface area (Å²) in [6.45, 7) is 0.490. The fourth-order valence-corrected chi connectivity index (χ4v) is 3.15. The van der Waals surface area contributed by atoms with Crippen LogP contribution in [0.25, 0.3) is 0 Å². The molecular formula is C20H20NNaO5. The third-order valence-corrected chi connectivity index (χ3v) is 4.45. The van der Waals surface area contributed by atoms with Crippen molar-refractivity contribution in [1.29, 1.82) is 0 Å². The van der Waals surface area contributed by atoms with Gasteiger partial charge in [-0.3, -0.25) is 4.79 Å². The predicted molar refractivity (Wildman–Crippen MR) is 93.7 cm³/mol. The van der Waals surface area contributed by atoms with E-state index in [4.69, 9.17) is 9.47 Å². The number of ether oxygens (including phenoxy) is 2. The monoisotopic (exact) mass is 377 g/mol. The topological polar surface area (TPSA) is 87.7 Å². The van der Waals surface area contributed by atoms with E-state index in [0.717, 1.165) is 12.0 Å². The van der Waals surface area contributed by atoms with E-state index >= 15 is 0 Å². The van der Waals surface area contributed by atoms with E-state index in [9.17, 15) is 14.7 Å². The molecule has 0 radical (unpaired) electrons. The average Bonchev–Trinajstić information content (AvgIpc) is 2.66. The number of nitrogens with one attached hydrogen (secondary N) is 1. The smallest absolute Gasteiger partial charge is 0.549 e. The number of carbonyl (C=O) groups excluding carboxylic acids is 2. The SMILES string of the molecule is COC1CCOc2c(NC(=O)CC(C(=O)[O-])c3ccccc3)cccc21.[Na+]. The van der Waals surface area contributed by atoms with Gasteiger partial charge in [0.1, 0.15) is 5.75 Å². The first kappa shape index (κ1) is 21.4. The van der Waals surface area contributed by atoms with E-state index in [1.54, 1.807) is 43.5 Å². The van der Waals surface area contributed by atoms with Gasteiger partial charge in [0.05, 0.1) is 18.4 Å². The molecule has 2 atom stereocenters. The molecule has 6 nitrogen and oxygen atoms in total. The number of hydrogen-bond donors (Lipinski definition) is 1. The van der Waals surface area contributed by atoms with Gasteiger partial charge in [-0.2, -0.15) is 0 Å². The molecule has 0 aromatic heterocycles. The maximum atomic E-state index is 12.4. The Morgan fingerprint density at radius 1 is 1.22 bits per heavy atom. The van der Waals surface area contributed by atoms with E-state index in [2.05, 4.69) is 5.32 Å². The first-order valence-electron chi connectivity index (χ1n) is 8.44. The molecule has 2 aromatic rings. The molecule has 27 heavy (non-hydrogen) atoms. The Bertz CT molecular complexity index is 796. The van der Waals surface area contributed by atoms with Gasteiger partial charge in [-0.1, -0.05) is 42.5 Å². The number of anilines is 1. The Balaban J connectivity index is 0.00000261. The number of amides is 1. The van der Waals surface area contributed by atoms with Crippen LogP contribution < -0.4 is 44.7 Å². The summed E-state index contributed by atoms with van der Waals surface area (Å²) in [7, 11) is 1.63. The van der Waals surface area contributed by atoms with Crippen LogP contribution in [0.5, 0.6) is 5.75 Å². The Morgan fingerprint density at radius 2 is 1.96 bits per heavy atom. The van der Waals surface area contributed by atoms with Crippen molar-refractivity contribution in [3.8, 4) is 5.75 Å². The van der Waals surface area contributed by atoms with Gasteiger partial charge in [-0.25, -0.2) is 0 Å². The molecule has 136 valence electrons. The number of fused-ring (bicyclic) bond motifs is 1. The zero-order chi connectivity index (χ0) is 18.5. The minimum absolute atomic E-state index is 0. The Hall–Kier alpha value is -1.86. The van der Waals surface area contributed by atoms with Crippen molar-refractivity contribution < 1.29 is 53.7 Å². The van der Waals surface area contributed by atoms with Crippen molar-refractivity contribution in [3.05, 3.63) is 59.7 Å². The molecule has 7 heteroatoms. The fourth-order valence-electron chi connectivity index (χ4n) is 3.15. The normalized spacial score (nSPS) is 16.3. The number of aliphatic carboxylic acids is 1. The van der Waals surface area contributed by atoms with Gasteiger partial charge < -0.3 is 24.7 Å². The average molecular weight is 377 g/mol. The summed E-state index contributed by atoms with van der Waals surface area (Å²) in [5.74, 6) is -2.14. The number of methoxy groups -OCH3 is 1. The molecular weight excluding hydrogens is 357 g/mol.